The number of aromatic nitrogens is 1. The second kappa shape index (κ2) is 10.0. The molecule has 2 saturated heterocycles. The van der Waals surface area contributed by atoms with Gasteiger partial charge in [-0.3, -0.25) is 0 Å². The van der Waals surface area contributed by atoms with E-state index in [2.05, 4.69) is 22.4 Å². The number of nitrogens with one attached hydrogen (secondary N) is 1. The van der Waals surface area contributed by atoms with Crippen LogP contribution in [0.3, 0.4) is 0 Å². The van der Waals surface area contributed by atoms with Crippen molar-refractivity contribution in [3.05, 3.63) is 35.4 Å². The Morgan fingerprint density at radius 3 is 2.48 bits per heavy atom. The van der Waals surface area contributed by atoms with Gasteiger partial charge in [0.05, 0.1) is 24.9 Å². The Hall–Kier alpha value is -2.78. The molecule has 3 heterocycles. The van der Waals surface area contributed by atoms with E-state index in [9.17, 15) is 10.5 Å². The molecule has 2 aromatic rings. The normalized spacial score (nSPS) is 17.7. The number of rotatable bonds is 9. The number of thioether (sulfide) groups is 1. The molecule has 2 aliphatic heterocycles. The Kier molecular flexibility index (Phi) is 6.93. The molecule has 1 aromatic carbocycles. The maximum Gasteiger partial charge on any atom is 0.146 e. The predicted molar refractivity (Wildman–Crippen MR) is 118 cm³/mol. The topological polar surface area (TPSA) is 100 Å². The van der Waals surface area contributed by atoms with Crippen molar-refractivity contribution >= 4 is 17.6 Å². The quantitative estimate of drug-likeness (QED) is 0.592. The van der Waals surface area contributed by atoms with Crippen LogP contribution in [0.25, 0.3) is 11.1 Å². The Balaban J connectivity index is 1.67. The minimum atomic E-state index is 0.165. The van der Waals surface area contributed by atoms with Crippen molar-refractivity contribution in [1.29, 1.82) is 10.5 Å². The lowest BCUT2D eigenvalue weighted by Crippen LogP contribution is -2.32. The minimum absolute atomic E-state index is 0.165. The summed E-state index contributed by atoms with van der Waals surface area (Å²) in [5.74, 6) is 2.54. The van der Waals surface area contributed by atoms with E-state index in [4.69, 9.17) is 14.2 Å². The molecule has 0 radical (unpaired) electrons. The van der Waals surface area contributed by atoms with Crippen LogP contribution in [0.5, 0.6) is 5.75 Å². The van der Waals surface area contributed by atoms with Gasteiger partial charge in [-0.2, -0.15) is 10.5 Å². The average molecular weight is 437 g/mol. The van der Waals surface area contributed by atoms with Crippen molar-refractivity contribution in [1.82, 2.24) is 4.98 Å². The molecule has 1 N–H and O–H groups in total. The smallest absolute Gasteiger partial charge is 0.146 e. The maximum atomic E-state index is 9.97. The summed E-state index contributed by atoms with van der Waals surface area (Å²) in [6.45, 7) is 5.39. The summed E-state index contributed by atoms with van der Waals surface area (Å²) in [6, 6.07) is 12.0. The highest BCUT2D eigenvalue weighted by molar-refractivity contribution is 7.99. The van der Waals surface area contributed by atoms with Crippen LogP contribution in [0.4, 0.5) is 5.82 Å². The van der Waals surface area contributed by atoms with Crippen molar-refractivity contribution in [2.45, 2.75) is 24.5 Å². The first-order valence-corrected chi connectivity index (χ1v) is 11.4. The van der Waals surface area contributed by atoms with Crippen LogP contribution in [-0.4, -0.2) is 49.8 Å². The first-order chi connectivity index (χ1) is 15.2. The molecule has 1 aromatic heterocycles. The molecule has 0 aliphatic carbocycles. The van der Waals surface area contributed by atoms with Crippen molar-refractivity contribution in [2.24, 2.45) is 5.92 Å². The molecule has 2 fully saturated rings. The summed E-state index contributed by atoms with van der Waals surface area (Å²) < 4.78 is 16.4. The Morgan fingerprint density at radius 2 is 1.94 bits per heavy atom. The Morgan fingerprint density at radius 1 is 1.19 bits per heavy atom. The molecule has 7 nitrogen and oxygen atoms in total. The number of nitrogens with zero attached hydrogens (tertiary/aromatic N) is 3. The average Bonchev–Trinajstić information content (AvgIpc) is 2.72. The summed E-state index contributed by atoms with van der Waals surface area (Å²) in [6.07, 6.45) is 1.19. The van der Waals surface area contributed by atoms with Gasteiger partial charge in [-0.25, -0.2) is 4.98 Å². The second-order valence-corrected chi connectivity index (χ2v) is 8.48. The van der Waals surface area contributed by atoms with Crippen LogP contribution in [0.1, 0.15) is 24.5 Å². The van der Waals surface area contributed by atoms with E-state index in [1.54, 1.807) is 11.8 Å². The van der Waals surface area contributed by atoms with Crippen molar-refractivity contribution in [3.63, 3.8) is 0 Å². The molecule has 0 spiro atoms. The van der Waals surface area contributed by atoms with Crippen molar-refractivity contribution in [3.8, 4) is 29.0 Å². The summed E-state index contributed by atoms with van der Waals surface area (Å²) in [5.41, 5.74) is 2.21. The third-order valence-corrected chi connectivity index (χ3v) is 6.47. The summed E-state index contributed by atoms with van der Waals surface area (Å²) >= 11 is 1.55. The first kappa shape index (κ1) is 21.5. The van der Waals surface area contributed by atoms with Gasteiger partial charge < -0.3 is 19.5 Å². The number of benzene rings is 1. The molecular formula is C23H24N4O3S. The number of ether oxygens (including phenoxy) is 3. The molecule has 4 rings (SSSR count). The van der Waals surface area contributed by atoms with E-state index in [1.807, 2.05) is 31.2 Å². The molecule has 31 heavy (non-hydrogen) atoms. The molecular weight excluding hydrogens is 412 g/mol. The van der Waals surface area contributed by atoms with Gasteiger partial charge in [0, 0.05) is 36.8 Å². The predicted octanol–water partition coefficient (Wildman–Crippen LogP) is 3.83. The second-order valence-electron chi connectivity index (χ2n) is 7.48. The molecule has 2 aliphatic rings. The standard InChI is InChI=1S/C23H24N4O3S/c1-2-26-22-19(9-24)21(20(10-25)23(27-22)31-14-15-11-28-12-15)16-3-5-17(6-4-16)30-13-18-7-8-29-18/h3-6,15,18H,2,7-8,11-14H2,1H3,(H,26,27)/t18-/m1/s1. The number of hydrogen-bond donors (Lipinski definition) is 1. The molecule has 0 amide bonds. The number of pyridine rings is 1. The lowest BCUT2D eigenvalue weighted by atomic mass is 9.96. The fourth-order valence-electron chi connectivity index (χ4n) is 3.37. The summed E-state index contributed by atoms with van der Waals surface area (Å²) in [5, 5.41) is 23.7. The van der Waals surface area contributed by atoms with Crippen molar-refractivity contribution in [2.75, 3.05) is 44.0 Å². The zero-order valence-electron chi connectivity index (χ0n) is 17.4. The fourth-order valence-corrected chi connectivity index (χ4v) is 4.40. The third-order valence-electron chi connectivity index (χ3n) is 5.27. The van der Waals surface area contributed by atoms with E-state index < -0.39 is 0 Å². The monoisotopic (exact) mass is 436 g/mol. The summed E-state index contributed by atoms with van der Waals surface area (Å²) in [7, 11) is 0. The minimum Gasteiger partial charge on any atom is -0.491 e. The van der Waals surface area contributed by atoms with Gasteiger partial charge in [0.2, 0.25) is 0 Å². The highest BCUT2D eigenvalue weighted by atomic mass is 32.2. The van der Waals surface area contributed by atoms with Gasteiger partial charge in [0.1, 0.15) is 40.9 Å². The largest absolute Gasteiger partial charge is 0.491 e. The van der Waals surface area contributed by atoms with E-state index in [0.29, 0.717) is 46.6 Å². The molecule has 0 unspecified atom stereocenters. The van der Waals surface area contributed by atoms with Gasteiger partial charge in [0.15, 0.2) is 0 Å². The molecule has 1 atom stereocenters. The SMILES string of the molecule is CCNc1nc(SCC2COC2)c(C#N)c(-c2ccc(OC[C@H]3CCO3)cc2)c1C#N. The lowest BCUT2D eigenvalue weighted by molar-refractivity contribution is -0.0720. The fraction of sp³-hybridized carbons (Fsp3) is 0.435. The van der Waals surface area contributed by atoms with E-state index in [-0.39, 0.29) is 6.10 Å². The van der Waals surface area contributed by atoms with Crippen LogP contribution in [0, 0.1) is 28.6 Å². The van der Waals surface area contributed by atoms with E-state index in [1.165, 1.54) is 0 Å². The van der Waals surface area contributed by atoms with Crippen LogP contribution in [-0.2, 0) is 9.47 Å². The van der Waals surface area contributed by atoms with Gasteiger partial charge in [0.25, 0.3) is 0 Å². The first-order valence-electron chi connectivity index (χ1n) is 10.4. The van der Waals surface area contributed by atoms with Crippen LogP contribution >= 0.6 is 11.8 Å². The molecule has 0 bridgehead atoms. The lowest BCUT2D eigenvalue weighted by Gasteiger charge is -2.26. The van der Waals surface area contributed by atoms with Gasteiger partial charge in [-0.15, -0.1) is 11.8 Å². The number of nitriles is 2. The van der Waals surface area contributed by atoms with Crippen LogP contribution in [0.15, 0.2) is 29.3 Å². The zero-order chi connectivity index (χ0) is 21.6. The highest BCUT2D eigenvalue weighted by Gasteiger charge is 2.24. The zero-order valence-corrected chi connectivity index (χ0v) is 18.2. The van der Waals surface area contributed by atoms with Crippen LogP contribution in [0.2, 0.25) is 0 Å². The van der Waals surface area contributed by atoms with Gasteiger partial charge in [-0.05, 0) is 24.6 Å². The van der Waals surface area contributed by atoms with Gasteiger partial charge in [-0.1, -0.05) is 12.1 Å². The summed E-state index contributed by atoms with van der Waals surface area (Å²) in [4.78, 5) is 4.63. The maximum absolute atomic E-state index is 9.97. The van der Waals surface area contributed by atoms with E-state index in [0.717, 1.165) is 43.3 Å². The Bertz CT molecular complexity index is 1010. The third kappa shape index (κ3) is 4.77. The van der Waals surface area contributed by atoms with Gasteiger partial charge >= 0.3 is 0 Å². The highest BCUT2D eigenvalue weighted by Crippen LogP contribution is 2.38. The van der Waals surface area contributed by atoms with Crippen molar-refractivity contribution < 1.29 is 14.2 Å². The number of anilines is 1. The molecule has 0 saturated carbocycles. The van der Waals surface area contributed by atoms with E-state index >= 15 is 0 Å². The Labute approximate surface area is 186 Å². The molecule has 160 valence electrons. The van der Waals surface area contributed by atoms with Crippen LogP contribution < -0.4 is 10.1 Å². The number of hydrogen-bond acceptors (Lipinski definition) is 8. The molecule has 8 heteroatoms.